The number of amides is 4. The number of hydrogen-bond donors (Lipinski definition) is 6. The van der Waals surface area contributed by atoms with Gasteiger partial charge in [0, 0.05) is 59.4 Å². The van der Waals surface area contributed by atoms with E-state index in [1.165, 1.54) is 0 Å². The van der Waals surface area contributed by atoms with Gasteiger partial charge in [-0.1, -0.05) is 55.8 Å². The second-order valence-electron chi connectivity index (χ2n) is 13.1. The lowest BCUT2D eigenvalue weighted by molar-refractivity contribution is -0.130. The third-order valence-corrected chi connectivity index (χ3v) is 10.0. The SMILES string of the molecule is CCN(CC)CCNC(=O)c1ccc(-c2ccc(C[C@H](NC(=O)C3CCC(CNC(=O)O)CC3)C(=O)Nc3ccc(-c4nn[nH]n4)cc3)cc2)c(Cl)c1. The number of carboxylic acid groups (broad SMARTS) is 1. The van der Waals surface area contributed by atoms with Crippen LogP contribution in [0.3, 0.4) is 0 Å². The molecule has 5 rings (SSSR count). The summed E-state index contributed by atoms with van der Waals surface area (Å²) in [5, 5.41) is 34.6. The highest BCUT2D eigenvalue weighted by Crippen LogP contribution is 2.31. The zero-order chi connectivity index (χ0) is 37.7. The first kappa shape index (κ1) is 38.9. The Morgan fingerprint density at radius 1 is 0.925 bits per heavy atom. The summed E-state index contributed by atoms with van der Waals surface area (Å²) in [6, 6.07) is 19.0. The van der Waals surface area contributed by atoms with Crippen molar-refractivity contribution in [2.45, 2.75) is 52.0 Å². The molecule has 4 amide bonds. The van der Waals surface area contributed by atoms with E-state index < -0.39 is 12.1 Å². The maximum Gasteiger partial charge on any atom is 0.404 e. The Morgan fingerprint density at radius 3 is 2.25 bits per heavy atom. The molecule has 6 N–H and O–H groups in total. The summed E-state index contributed by atoms with van der Waals surface area (Å²) in [5.74, 6) is -0.441. The van der Waals surface area contributed by atoms with E-state index in [0.29, 0.717) is 60.9 Å². The van der Waals surface area contributed by atoms with Crippen LogP contribution in [0.2, 0.25) is 5.02 Å². The Kier molecular flexibility index (Phi) is 13.9. The van der Waals surface area contributed by atoms with E-state index in [2.05, 4.69) is 60.6 Å². The second-order valence-corrected chi connectivity index (χ2v) is 13.6. The lowest BCUT2D eigenvalue weighted by Gasteiger charge is -2.29. The van der Waals surface area contributed by atoms with Crippen molar-refractivity contribution >= 4 is 41.1 Å². The molecular formula is C38H46ClN9O5. The van der Waals surface area contributed by atoms with E-state index in [9.17, 15) is 19.2 Å². The predicted octanol–water partition coefficient (Wildman–Crippen LogP) is 5.00. The number of H-pyrrole nitrogens is 1. The molecule has 14 nitrogen and oxygen atoms in total. The highest BCUT2D eigenvalue weighted by molar-refractivity contribution is 6.33. The van der Waals surface area contributed by atoms with E-state index in [-0.39, 0.29) is 36.0 Å². The standard InChI is InChI=1S/C38H46ClN9O5/c1-3-48(4-2)20-19-40-35(49)29-15-18-31(32(39)22-29)26-9-5-24(6-10-26)21-33(43-36(50)28-11-7-25(8-12-28)23-41-38(52)53)37(51)42-30-16-13-27(14-17-30)34-44-46-47-45-34/h5-6,9-10,13-18,22,25,28,33,41H,3-4,7-8,11-12,19-21,23H2,1-2H3,(H,40,49)(H,42,51)(H,43,50)(H,52,53)(H,44,45,46,47)/t25?,28?,33-/m0/s1. The number of rotatable bonds is 16. The van der Waals surface area contributed by atoms with Crippen molar-refractivity contribution in [1.82, 2.24) is 41.5 Å². The average Bonchev–Trinajstić information content (AvgIpc) is 3.71. The van der Waals surface area contributed by atoms with Gasteiger partial charge in [-0.3, -0.25) is 14.4 Å². The third kappa shape index (κ3) is 11.1. The van der Waals surface area contributed by atoms with Gasteiger partial charge in [0.05, 0.1) is 0 Å². The first-order chi connectivity index (χ1) is 25.6. The van der Waals surface area contributed by atoms with Crippen LogP contribution in [-0.4, -0.2) is 93.2 Å². The van der Waals surface area contributed by atoms with Crippen molar-refractivity contribution in [2.75, 3.05) is 38.0 Å². The first-order valence-corrected chi connectivity index (χ1v) is 18.3. The molecule has 0 spiro atoms. The molecular weight excluding hydrogens is 698 g/mol. The highest BCUT2D eigenvalue weighted by atomic mass is 35.5. The largest absolute Gasteiger partial charge is 0.465 e. The number of hydrogen-bond acceptors (Lipinski definition) is 8. The van der Waals surface area contributed by atoms with Gasteiger partial charge in [0.15, 0.2) is 0 Å². The number of anilines is 1. The van der Waals surface area contributed by atoms with E-state index in [0.717, 1.165) is 41.9 Å². The molecule has 0 aliphatic heterocycles. The van der Waals surface area contributed by atoms with Crippen molar-refractivity contribution in [2.24, 2.45) is 11.8 Å². The van der Waals surface area contributed by atoms with E-state index in [1.54, 1.807) is 36.4 Å². The maximum atomic E-state index is 13.7. The van der Waals surface area contributed by atoms with Gasteiger partial charge in [-0.2, -0.15) is 5.21 Å². The third-order valence-electron chi connectivity index (χ3n) is 9.69. The Balaban J connectivity index is 1.25. The van der Waals surface area contributed by atoms with Gasteiger partial charge in [-0.05, 0) is 97.4 Å². The molecule has 1 aromatic heterocycles. The molecule has 0 saturated heterocycles. The Bertz CT molecular complexity index is 1830. The second kappa shape index (κ2) is 18.9. The number of carbonyl (C=O) groups is 4. The summed E-state index contributed by atoms with van der Waals surface area (Å²) in [5.41, 5.74) is 4.17. The van der Waals surface area contributed by atoms with Crippen molar-refractivity contribution < 1.29 is 24.3 Å². The molecule has 280 valence electrons. The van der Waals surface area contributed by atoms with Crippen LogP contribution in [-0.2, 0) is 16.0 Å². The molecule has 1 heterocycles. The van der Waals surface area contributed by atoms with Crippen molar-refractivity contribution in [3.63, 3.8) is 0 Å². The number of carbonyl (C=O) groups excluding carboxylic acids is 3. The van der Waals surface area contributed by atoms with Gasteiger partial charge < -0.3 is 31.3 Å². The zero-order valence-corrected chi connectivity index (χ0v) is 30.7. The van der Waals surface area contributed by atoms with E-state index >= 15 is 0 Å². The van der Waals surface area contributed by atoms with Crippen LogP contribution in [0.5, 0.6) is 0 Å². The topological polar surface area (TPSA) is 194 Å². The van der Waals surface area contributed by atoms with Crippen molar-refractivity contribution in [3.8, 4) is 22.5 Å². The normalized spacial score (nSPS) is 16.1. The summed E-state index contributed by atoms with van der Waals surface area (Å²) >= 11 is 6.66. The van der Waals surface area contributed by atoms with Gasteiger partial charge >= 0.3 is 6.09 Å². The van der Waals surface area contributed by atoms with Crippen molar-refractivity contribution in [1.29, 1.82) is 0 Å². The molecule has 1 fully saturated rings. The number of aromatic amines is 1. The van der Waals surface area contributed by atoms with Crippen LogP contribution in [0.15, 0.2) is 66.7 Å². The number of likely N-dealkylation sites (N-methyl/N-ethyl adjacent to an activating group) is 1. The highest BCUT2D eigenvalue weighted by Gasteiger charge is 2.30. The molecule has 1 aliphatic carbocycles. The number of benzene rings is 3. The van der Waals surface area contributed by atoms with Crippen LogP contribution >= 0.6 is 11.6 Å². The fourth-order valence-corrected chi connectivity index (χ4v) is 6.78. The van der Waals surface area contributed by atoms with E-state index in [1.807, 2.05) is 30.3 Å². The summed E-state index contributed by atoms with van der Waals surface area (Å²) in [6.07, 6.45) is 1.82. The van der Waals surface area contributed by atoms with Gasteiger partial charge in [0.25, 0.3) is 5.91 Å². The number of halogens is 1. The van der Waals surface area contributed by atoms with Crippen LogP contribution in [0.1, 0.15) is 55.5 Å². The summed E-state index contributed by atoms with van der Waals surface area (Å²) < 4.78 is 0. The minimum Gasteiger partial charge on any atom is -0.465 e. The number of nitrogens with one attached hydrogen (secondary N) is 5. The molecule has 0 unspecified atom stereocenters. The molecule has 0 bridgehead atoms. The summed E-state index contributed by atoms with van der Waals surface area (Å²) in [6.45, 7) is 7.70. The fraction of sp³-hybridized carbons (Fsp3) is 0.395. The van der Waals surface area contributed by atoms with Crippen LogP contribution in [0, 0.1) is 11.8 Å². The monoisotopic (exact) mass is 743 g/mol. The smallest absolute Gasteiger partial charge is 0.404 e. The van der Waals surface area contributed by atoms with Gasteiger partial charge in [0.2, 0.25) is 17.6 Å². The lowest BCUT2D eigenvalue weighted by atomic mass is 9.81. The van der Waals surface area contributed by atoms with E-state index in [4.69, 9.17) is 16.7 Å². The molecule has 0 radical (unpaired) electrons. The molecule has 1 aliphatic rings. The Hall–Kier alpha value is -5.34. The molecule has 1 atom stereocenters. The summed E-state index contributed by atoms with van der Waals surface area (Å²) in [4.78, 5) is 53.1. The molecule has 53 heavy (non-hydrogen) atoms. The summed E-state index contributed by atoms with van der Waals surface area (Å²) in [7, 11) is 0. The number of tetrazole rings is 1. The van der Waals surface area contributed by atoms with Gasteiger partial charge in [-0.25, -0.2) is 4.79 Å². The van der Waals surface area contributed by atoms with Crippen LogP contribution < -0.4 is 21.3 Å². The molecule has 3 aromatic carbocycles. The minimum atomic E-state index is -1.06. The first-order valence-electron chi connectivity index (χ1n) is 17.9. The predicted molar refractivity (Wildman–Crippen MR) is 202 cm³/mol. The van der Waals surface area contributed by atoms with Gasteiger partial charge in [0.1, 0.15) is 6.04 Å². The maximum absolute atomic E-state index is 13.7. The van der Waals surface area contributed by atoms with Gasteiger partial charge in [-0.15, -0.1) is 10.2 Å². The minimum absolute atomic E-state index is 0.174. The Morgan fingerprint density at radius 2 is 1.62 bits per heavy atom. The molecule has 15 heteroatoms. The molecule has 4 aromatic rings. The quantitative estimate of drug-likeness (QED) is 0.0916. The molecule has 1 saturated carbocycles. The van der Waals surface area contributed by atoms with Crippen molar-refractivity contribution in [3.05, 3.63) is 82.9 Å². The Labute approximate surface area is 313 Å². The lowest BCUT2D eigenvalue weighted by Crippen LogP contribution is -2.48. The number of aromatic nitrogens is 4. The fourth-order valence-electron chi connectivity index (χ4n) is 6.49. The average molecular weight is 744 g/mol. The van der Waals surface area contributed by atoms with Crippen LogP contribution in [0.25, 0.3) is 22.5 Å². The van der Waals surface area contributed by atoms with Crippen LogP contribution in [0.4, 0.5) is 10.5 Å². The zero-order valence-electron chi connectivity index (χ0n) is 29.9. The number of nitrogens with zero attached hydrogens (tertiary/aromatic N) is 4.